The molecule has 7 heteroatoms. The van der Waals surface area contributed by atoms with Crippen molar-refractivity contribution in [1.29, 1.82) is 0 Å². The predicted octanol–water partition coefficient (Wildman–Crippen LogP) is 3.86. The van der Waals surface area contributed by atoms with Crippen LogP contribution in [0.1, 0.15) is 17.5 Å². The lowest BCUT2D eigenvalue weighted by Gasteiger charge is -2.14. The number of hydrogen-bond donors (Lipinski definition) is 1. The summed E-state index contributed by atoms with van der Waals surface area (Å²) >= 11 is 0. The summed E-state index contributed by atoms with van der Waals surface area (Å²) in [4.78, 5) is 6.78. The summed E-state index contributed by atoms with van der Waals surface area (Å²) < 4.78 is 58.8. The first-order valence-electron chi connectivity index (χ1n) is 6.32. The number of H-pyrrole nitrogens is 1. The lowest BCUT2D eigenvalue weighted by molar-refractivity contribution is 0.126. The maximum absolute atomic E-state index is 13.9. The molecule has 0 spiro atoms. The number of ether oxygens (including phenoxy) is 1. The first-order chi connectivity index (χ1) is 10.5. The molecule has 0 aliphatic rings. The van der Waals surface area contributed by atoms with Crippen molar-refractivity contribution in [3.05, 3.63) is 65.0 Å². The second-order valence-corrected chi connectivity index (χ2v) is 4.66. The van der Waals surface area contributed by atoms with E-state index >= 15 is 0 Å². The fourth-order valence-electron chi connectivity index (χ4n) is 2.26. The zero-order chi connectivity index (χ0) is 15.9. The number of nitrogens with one attached hydrogen (secondary N) is 1. The normalized spacial score (nSPS) is 12.8. The molecule has 114 valence electrons. The topological polar surface area (TPSA) is 37.9 Å². The van der Waals surface area contributed by atoms with Crippen LogP contribution in [-0.4, -0.2) is 17.1 Å². The average Bonchev–Trinajstić information content (AvgIpc) is 2.87. The quantitative estimate of drug-likeness (QED) is 0.746. The molecule has 1 N–H and O–H groups in total. The van der Waals surface area contributed by atoms with Crippen LogP contribution in [0.5, 0.6) is 0 Å². The Morgan fingerprint density at radius 3 is 2.50 bits per heavy atom. The van der Waals surface area contributed by atoms with Gasteiger partial charge in [-0.25, -0.2) is 22.5 Å². The third-order valence-electron chi connectivity index (χ3n) is 3.29. The minimum atomic E-state index is -1.06. The number of imidazole rings is 1. The largest absolute Gasteiger partial charge is 0.369 e. The fraction of sp³-hybridized carbons (Fsp3) is 0.133. The van der Waals surface area contributed by atoms with E-state index in [0.29, 0.717) is 0 Å². The molecule has 2 aromatic carbocycles. The smallest absolute Gasteiger partial charge is 0.165 e. The maximum atomic E-state index is 13.9. The van der Waals surface area contributed by atoms with Crippen LogP contribution in [0, 0.1) is 23.3 Å². The lowest BCUT2D eigenvalue weighted by Crippen LogP contribution is -2.08. The molecule has 1 aromatic heterocycles. The van der Waals surface area contributed by atoms with Gasteiger partial charge in [0, 0.05) is 24.8 Å². The molecule has 1 atom stereocenters. The van der Waals surface area contributed by atoms with Crippen LogP contribution in [-0.2, 0) is 4.74 Å². The van der Waals surface area contributed by atoms with Crippen molar-refractivity contribution in [2.45, 2.75) is 6.10 Å². The van der Waals surface area contributed by atoms with Gasteiger partial charge in [0.2, 0.25) is 0 Å². The van der Waals surface area contributed by atoms with Gasteiger partial charge in [-0.3, -0.25) is 0 Å². The highest BCUT2D eigenvalue weighted by atomic mass is 19.2. The van der Waals surface area contributed by atoms with Crippen molar-refractivity contribution in [2.75, 3.05) is 7.11 Å². The minimum absolute atomic E-state index is 0.0671. The van der Waals surface area contributed by atoms with E-state index in [9.17, 15) is 17.6 Å². The SMILES string of the molecule is COC(c1nc2cc(F)c(F)cc2[nH]1)c1cccc(F)c1F. The van der Waals surface area contributed by atoms with Crippen LogP contribution in [0.25, 0.3) is 11.0 Å². The highest BCUT2D eigenvalue weighted by Gasteiger charge is 2.23. The summed E-state index contributed by atoms with van der Waals surface area (Å²) in [5, 5.41) is 0. The Morgan fingerprint density at radius 1 is 1.05 bits per heavy atom. The first-order valence-corrected chi connectivity index (χ1v) is 6.32. The van der Waals surface area contributed by atoms with Crippen LogP contribution >= 0.6 is 0 Å². The van der Waals surface area contributed by atoms with Crippen LogP contribution < -0.4 is 0 Å². The number of nitrogens with zero attached hydrogens (tertiary/aromatic N) is 1. The van der Waals surface area contributed by atoms with Gasteiger partial charge in [-0.2, -0.15) is 0 Å². The Balaban J connectivity index is 2.13. The molecule has 0 fully saturated rings. The molecule has 1 heterocycles. The van der Waals surface area contributed by atoms with E-state index in [1.807, 2.05) is 0 Å². The summed E-state index contributed by atoms with van der Waals surface area (Å²) in [6.07, 6.45) is -1.03. The van der Waals surface area contributed by atoms with Crippen molar-refractivity contribution < 1.29 is 22.3 Å². The minimum Gasteiger partial charge on any atom is -0.369 e. The van der Waals surface area contributed by atoms with Gasteiger partial charge >= 0.3 is 0 Å². The number of halogens is 4. The van der Waals surface area contributed by atoms with E-state index in [-0.39, 0.29) is 22.4 Å². The molecule has 3 aromatic rings. The molecule has 3 nitrogen and oxygen atoms in total. The third-order valence-corrected chi connectivity index (χ3v) is 3.29. The molecular formula is C15H10F4N2O. The van der Waals surface area contributed by atoms with Gasteiger partial charge in [-0.15, -0.1) is 0 Å². The fourth-order valence-corrected chi connectivity index (χ4v) is 2.26. The van der Waals surface area contributed by atoms with Crippen molar-refractivity contribution in [1.82, 2.24) is 9.97 Å². The average molecular weight is 310 g/mol. The van der Waals surface area contributed by atoms with Gasteiger partial charge in [-0.1, -0.05) is 12.1 Å². The molecular weight excluding hydrogens is 300 g/mol. The van der Waals surface area contributed by atoms with Crippen molar-refractivity contribution in [2.24, 2.45) is 0 Å². The van der Waals surface area contributed by atoms with Crippen LogP contribution in [0.4, 0.5) is 17.6 Å². The molecule has 22 heavy (non-hydrogen) atoms. The maximum Gasteiger partial charge on any atom is 0.165 e. The van der Waals surface area contributed by atoms with Crippen molar-refractivity contribution >= 4 is 11.0 Å². The van der Waals surface area contributed by atoms with Gasteiger partial charge in [0.25, 0.3) is 0 Å². The Hall–Kier alpha value is -2.41. The lowest BCUT2D eigenvalue weighted by atomic mass is 10.1. The van der Waals surface area contributed by atoms with Crippen LogP contribution in [0.2, 0.25) is 0 Å². The summed E-state index contributed by atoms with van der Waals surface area (Å²) in [6, 6.07) is 5.52. The van der Waals surface area contributed by atoms with E-state index in [1.54, 1.807) is 0 Å². The Morgan fingerprint density at radius 2 is 1.77 bits per heavy atom. The summed E-state index contributed by atoms with van der Waals surface area (Å²) in [6.45, 7) is 0. The molecule has 0 aliphatic heterocycles. The molecule has 3 rings (SSSR count). The highest BCUT2D eigenvalue weighted by Crippen LogP contribution is 2.28. The zero-order valence-corrected chi connectivity index (χ0v) is 11.3. The zero-order valence-electron chi connectivity index (χ0n) is 11.3. The van der Waals surface area contributed by atoms with Gasteiger partial charge in [-0.05, 0) is 6.07 Å². The Labute approximate surface area is 122 Å². The molecule has 0 radical (unpaired) electrons. The van der Waals surface area contributed by atoms with Gasteiger partial charge in [0.05, 0.1) is 11.0 Å². The van der Waals surface area contributed by atoms with E-state index in [4.69, 9.17) is 4.74 Å². The molecule has 0 bridgehead atoms. The second-order valence-electron chi connectivity index (χ2n) is 4.66. The number of benzene rings is 2. The number of fused-ring (bicyclic) bond motifs is 1. The van der Waals surface area contributed by atoms with Gasteiger partial charge in [0.1, 0.15) is 11.9 Å². The molecule has 0 saturated heterocycles. The summed E-state index contributed by atoms with van der Waals surface area (Å²) in [5.41, 5.74) is 0.322. The van der Waals surface area contributed by atoms with Crippen molar-refractivity contribution in [3.8, 4) is 0 Å². The van der Waals surface area contributed by atoms with Crippen LogP contribution in [0.3, 0.4) is 0 Å². The molecule has 0 saturated carbocycles. The number of hydrogen-bond acceptors (Lipinski definition) is 2. The number of aromatic nitrogens is 2. The standard InChI is InChI=1S/C15H10F4N2O/c1-22-14(7-3-2-4-8(16)13(7)19)15-20-11-5-9(17)10(18)6-12(11)21-15/h2-6,14H,1H3,(H,20,21). The molecule has 0 aliphatic carbocycles. The van der Waals surface area contributed by atoms with E-state index in [1.165, 1.54) is 19.2 Å². The third kappa shape index (κ3) is 2.33. The Bertz CT molecular complexity index is 808. The monoisotopic (exact) mass is 310 g/mol. The van der Waals surface area contributed by atoms with E-state index in [2.05, 4.69) is 9.97 Å². The molecule has 1 unspecified atom stereocenters. The van der Waals surface area contributed by atoms with Gasteiger partial charge < -0.3 is 9.72 Å². The van der Waals surface area contributed by atoms with E-state index in [0.717, 1.165) is 18.2 Å². The Kier molecular flexibility index (Phi) is 3.58. The van der Waals surface area contributed by atoms with Crippen molar-refractivity contribution in [3.63, 3.8) is 0 Å². The molecule has 0 amide bonds. The number of aromatic amines is 1. The van der Waals surface area contributed by atoms with Gasteiger partial charge in [0.15, 0.2) is 23.3 Å². The summed E-state index contributed by atoms with van der Waals surface area (Å²) in [5.74, 6) is -4.04. The first kappa shape index (κ1) is 14.5. The van der Waals surface area contributed by atoms with E-state index < -0.39 is 29.4 Å². The summed E-state index contributed by atoms with van der Waals surface area (Å²) in [7, 11) is 1.30. The highest BCUT2D eigenvalue weighted by molar-refractivity contribution is 5.75. The van der Waals surface area contributed by atoms with Crippen LogP contribution in [0.15, 0.2) is 30.3 Å². The number of rotatable bonds is 3. The predicted molar refractivity (Wildman–Crippen MR) is 71.2 cm³/mol. The second kappa shape index (κ2) is 5.42. The number of methoxy groups -OCH3 is 1.